The molecule has 0 aromatic rings. The second-order valence-corrected chi connectivity index (χ2v) is 4.47. The second-order valence-electron chi connectivity index (χ2n) is 4.47. The lowest BCUT2D eigenvalue weighted by atomic mass is 9.99. The molecular weight excluding hydrogens is 236 g/mol. The number of hydrogen-bond acceptors (Lipinski definition) is 5. The quantitative estimate of drug-likeness (QED) is 0.538. The number of carbonyl (C=O) groups is 2. The van der Waals surface area contributed by atoms with Gasteiger partial charge in [0.2, 0.25) is 5.91 Å². The first-order valence-electron chi connectivity index (χ1n) is 6.09. The fraction of sp³-hybridized carbons (Fsp3) is 0.818. The topological polar surface area (TPSA) is 96.7 Å². The zero-order valence-corrected chi connectivity index (χ0v) is 10.9. The third kappa shape index (κ3) is 4.59. The molecule has 0 radical (unpaired) electrons. The molecule has 0 aromatic heterocycles. The number of hydrazine groups is 1. The third-order valence-electron chi connectivity index (χ3n) is 3.12. The number of amides is 2. The van der Waals surface area contributed by atoms with Crippen molar-refractivity contribution in [1.82, 2.24) is 15.8 Å². The monoisotopic (exact) mass is 258 g/mol. The molecule has 2 unspecified atom stereocenters. The van der Waals surface area contributed by atoms with Crippen LogP contribution in [0.1, 0.15) is 19.8 Å². The van der Waals surface area contributed by atoms with Crippen molar-refractivity contribution in [3.63, 3.8) is 0 Å². The highest BCUT2D eigenvalue weighted by Crippen LogP contribution is 2.18. The molecule has 0 aromatic carbocycles. The van der Waals surface area contributed by atoms with Gasteiger partial charge in [0.15, 0.2) is 0 Å². The highest BCUT2D eigenvalue weighted by molar-refractivity contribution is 5.81. The van der Waals surface area contributed by atoms with E-state index in [-0.39, 0.29) is 30.5 Å². The molecule has 104 valence electrons. The number of nitrogens with zero attached hydrogens (tertiary/aromatic N) is 1. The zero-order valence-electron chi connectivity index (χ0n) is 10.9. The first-order chi connectivity index (χ1) is 8.56. The number of rotatable bonds is 4. The molecule has 0 spiro atoms. The molecule has 1 saturated heterocycles. The molecule has 0 saturated carbocycles. The summed E-state index contributed by atoms with van der Waals surface area (Å²) in [5.41, 5.74) is 10.3. The number of ether oxygens (including phenoxy) is 1. The molecule has 4 N–H and O–H groups in total. The highest BCUT2D eigenvalue weighted by Gasteiger charge is 2.28. The van der Waals surface area contributed by atoms with E-state index < -0.39 is 0 Å². The number of likely N-dealkylation sites (tertiary alicyclic amines) is 1. The number of nitrogens with one attached hydrogen (secondary N) is 2. The van der Waals surface area contributed by atoms with Crippen LogP contribution in [0.5, 0.6) is 0 Å². The largest absolute Gasteiger partial charge is 0.381 e. The van der Waals surface area contributed by atoms with Crippen LogP contribution in [0.2, 0.25) is 0 Å². The predicted octanol–water partition coefficient (Wildman–Crippen LogP) is -1.41. The van der Waals surface area contributed by atoms with Crippen molar-refractivity contribution >= 4 is 11.8 Å². The summed E-state index contributed by atoms with van der Waals surface area (Å²) < 4.78 is 5.32. The summed E-state index contributed by atoms with van der Waals surface area (Å²) in [6.07, 6.45) is 1.94. The van der Waals surface area contributed by atoms with E-state index in [2.05, 4.69) is 10.9 Å². The first kappa shape index (κ1) is 14.9. The third-order valence-corrected chi connectivity index (χ3v) is 3.12. The van der Waals surface area contributed by atoms with E-state index in [0.29, 0.717) is 6.54 Å². The molecule has 7 nitrogen and oxygen atoms in total. The van der Waals surface area contributed by atoms with Gasteiger partial charge in [-0.2, -0.15) is 0 Å². The molecule has 1 aliphatic heterocycles. The lowest BCUT2D eigenvalue weighted by Gasteiger charge is -2.37. The van der Waals surface area contributed by atoms with Crippen LogP contribution in [-0.2, 0) is 14.3 Å². The number of methoxy groups -OCH3 is 1. The number of hydrogen-bond donors (Lipinski definition) is 3. The normalized spacial score (nSPS) is 24.6. The Balaban J connectivity index is 2.40. The Hall–Kier alpha value is -1.18. The van der Waals surface area contributed by atoms with Gasteiger partial charge in [-0.05, 0) is 12.8 Å². The maximum Gasteiger partial charge on any atom is 0.252 e. The van der Waals surface area contributed by atoms with E-state index in [0.717, 1.165) is 19.4 Å². The van der Waals surface area contributed by atoms with Gasteiger partial charge in [-0.1, -0.05) is 0 Å². The molecule has 1 rings (SSSR count). The Bertz CT molecular complexity index is 298. The van der Waals surface area contributed by atoms with Gasteiger partial charge in [0.25, 0.3) is 5.91 Å². The number of nitrogens with two attached hydrogens (primary N) is 1. The Labute approximate surface area is 107 Å². The maximum atomic E-state index is 11.6. The van der Waals surface area contributed by atoms with Crippen LogP contribution >= 0.6 is 0 Å². The standard InChI is InChI=1S/C11H22N4O3/c1-8(16)13-14-11(17)7-15-4-3-10(18-2)5-9(15)6-12/h9-10H,3-7,12H2,1-2H3,(H,13,16)(H,14,17). The van der Waals surface area contributed by atoms with Crippen LogP contribution in [0.15, 0.2) is 0 Å². The maximum absolute atomic E-state index is 11.6. The Morgan fingerprint density at radius 2 is 2.17 bits per heavy atom. The first-order valence-corrected chi connectivity index (χ1v) is 6.09. The fourth-order valence-corrected chi connectivity index (χ4v) is 2.11. The molecule has 1 aliphatic rings. The lowest BCUT2D eigenvalue weighted by Crippen LogP contribution is -2.53. The van der Waals surface area contributed by atoms with Crippen LogP contribution in [0.4, 0.5) is 0 Å². The van der Waals surface area contributed by atoms with Crippen LogP contribution < -0.4 is 16.6 Å². The molecule has 0 aliphatic carbocycles. The van der Waals surface area contributed by atoms with Crippen LogP contribution in [0.3, 0.4) is 0 Å². The molecule has 7 heteroatoms. The average Bonchev–Trinajstić information content (AvgIpc) is 2.36. The van der Waals surface area contributed by atoms with Gasteiger partial charge in [0.1, 0.15) is 0 Å². The molecule has 18 heavy (non-hydrogen) atoms. The van der Waals surface area contributed by atoms with Crippen molar-refractivity contribution in [3.8, 4) is 0 Å². The number of piperidine rings is 1. The average molecular weight is 258 g/mol. The van der Waals surface area contributed by atoms with E-state index in [1.807, 2.05) is 4.90 Å². The van der Waals surface area contributed by atoms with Crippen molar-refractivity contribution in [2.24, 2.45) is 5.73 Å². The van der Waals surface area contributed by atoms with Crippen LogP contribution in [0.25, 0.3) is 0 Å². The Kier molecular flexibility index (Phi) is 6.03. The SMILES string of the molecule is COC1CCN(CC(=O)NNC(C)=O)C(CN)C1. The minimum absolute atomic E-state index is 0.145. The van der Waals surface area contributed by atoms with Crippen LogP contribution in [-0.4, -0.2) is 55.6 Å². The molecule has 1 fully saturated rings. The van der Waals surface area contributed by atoms with Crippen molar-refractivity contribution in [2.75, 3.05) is 26.7 Å². The van der Waals surface area contributed by atoms with E-state index in [1.165, 1.54) is 6.92 Å². The van der Waals surface area contributed by atoms with Gasteiger partial charge >= 0.3 is 0 Å². The summed E-state index contributed by atoms with van der Waals surface area (Å²) in [4.78, 5) is 24.3. The summed E-state index contributed by atoms with van der Waals surface area (Å²) in [6, 6.07) is 0.145. The molecule has 2 atom stereocenters. The number of carbonyl (C=O) groups excluding carboxylic acids is 2. The zero-order chi connectivity index (χ0) is 13.5. The minimum Gasteiger partial charge on any atom is -0.381 e. The Morgan fingerprint density at radius 3 is 2.72 bits per heavy atom. The molecule has 2 amide bonds. The smallest absolute Gasteiger partial charge is 0.252 e. The fourth-order valence-electron chi connectivity index (χ4n) is 2.11. The van der Waals surface area contributed by atoms with Gasteiger partial charge in [-0.3, -0.25) is 25.3 Å². The summed E-state index contributed by atoms with van der Waals surface area (Å²) in [7, 11) is 1.69. The van der Waals surface area contributed by atoms with E-state index in [9.17, 15) is 9.59 Å². The Morgan fingerprint density at radius 1 is 1.44 bits per heavy atom. The van der Waals surface area contributed by atoms with Gasteiger partial charge in [0.05, 0.1) is 12.6 Å². The van der Waals surface area contributed by atoms with Gasteiger partial charge in [-0.25, -0.2) is 0 Å². The lowest BCUT2D eigenvalue weighted by molar-refractivity contribution is -0.129. The van der Waals surface area contributed by atoms with Crippen LogP contribution in [0, 0.1) is 0 Å². The molecular formula is C11H22N4O3. The van der Waals surface area contributed by atoms with Crippen molar-refractivity contribution in [1.29, 1.82) is 0 Å². The van der Waals surface area contributed by atoms with Crippen molar-refractivity contribution in [3.05, 3.63) is 0 Å². The molecule has 0 bridgehead atoms. The second kappa shape index (κ2) is 7.30. The predicted molar refractivity (Wildman–Crippen MR) is 66.4 cm³/mol. The minimum atomic E-state index is -0.295. The summed E-state index contributed by atoms with van der Waals surface area (Å²) in [5.74, 6) is -0.531. The van der Waals surface area contributed by atoms with Gasteiger partial charge in [0, 0.05) is 33.2 Å². The van der Waals surface area contributed by atoms with Crippen molar-refractivity contribution < 1.29 is 14.3 Å². The summed E-state index contributed by atoms with van der Waals surface area (Å²) >= 11 is 0. The van der Waals surface area contributed by atoms with E-state index >= 15 is 0 Å². The van der Waals surface area contributed by atoms with E-state index in [4.69, 9.17) is 10.5 Å². The summed E-state index contributed by atoms with van der Waals surface area (Å²) in [5, 5.41) is 0. The highest BCUT2D eigenvalue weighted by atomic mass is 16.5. The van der Waals surface area contributed by atoms with Gasteiger partial charge < -0.3 is 10.5 Å². The van der Waals surface area contributed by atoms with Gasteiger partial charge in [-0.15, -0.1) is 0 Å². The summed E-state index contributed by atoms with van der Waals surface area (Å²) in [6.45, 7) is 2.84. The van der Waals surface area contributed by atoms with E-state index in [1.54, 1.807) is 7.11 Å². The molecule has 1 heterocycles. The van der Waals surface area contributed by atoms with Crippen molar-refractivity contribution in [2.45, 2.75) is 31.9 Å².